The number of pyridine rings is 1. The molecule has 136 valence electrons. The van der Waals surface area contributed by atoms with Crippen LogP contribution in [0.3, 0.4) is 0 Å². The van der Waals surface area contributed by atoms with Crippen LogP contribution in [0.4, 0.5) is 17.3 Å². The van der Waals surface area contributed by atoms with Crippen molar-refractivity contribution in [2.24, 2.45) is 5.73 Å². The highest BCUT2D eigenvalue weighted by Gasteiger charge is 2.23. The Balaban J connectivity index is 0.000000550. The van der Waals surface area contributed by atoms with Gasteiger partial charge in [-0.3, -0.25) is 4.79 Å². The molecule has 0 aliphatic heterocycles. The first-order chi connectivity index (χ1) is 11.4. The van der Waals surface area contributed by atoms with Gasteiger partial charge in [0, 0.05) is 11.6 Å². The van der Waals surface area contributed by atoms with Crippen molar-refractivity contribution in [2.45, 2.75) is 32.7 Å². The molecule has 2 aromatic rings. The molecule has 0 aliphatic rings. The third-order valence-electron chi connectivity index (χ3n) is 3.30. The Morgan fingerprint density at radius 3 is 2.04 bits per heavy atom. The van der Waals surface area contributed by atoms with E-state index in [0.29, 0.717) is 5.56 Å². The maximum absolute atomic E-state index is 11.7. The van der Waals surface area contributed by atoms with E-state index in [1.54, 1.807) is 0 Å². The number of nitrogens with zero attached hydrogens (tertiary/aromatic N) is 1. The number of hydrogen-bond donors (Lipinski definition) is 1. The van der Waals surface area contributed by atoms with Crippen molar-refractivity contribution < 1.29 is 26.6 Å². The summed E-state index contributed by atoms with van der Waals surface area (Å²) in [7, 11) is -6.00. The highest BCUT2D eigenvalue weighted by Crippen LogP contribution is 2.24. The van der Waals surface area contributed by atoms with Gasteiger partial charge in [-0.15, -0.1) is 0 Å². The molecule has 0 radical (unpaired) electrons. The van der Waals surface area contributed by atoms with Crippen LogP contribution in [0.1, 0.15) is 42.3 Å². The van der Waals surface area contributed by atoms with Crippen molar-refractivity contribution in [1.82, 2.24) is 0 Å². The van der Waals surface area contributed by atoms with Crippen LogP contribution in [0, 0.1) is 0 Å². The van der Waals surface area contributed by atoms with Gasteiger partial charge in [-0.25, -0.2) is 0 Å². The van der Waals surface area contributed by atoms with Crippen LogP contribution in [0.5, 0.6) is 0 Å². The maximum Gasteiger partial charge on any atom is 0.673 e. The molecule has 1 aromatic carbocycles. The second kappa shape index (κ2) is 8.14. The van der Waals surface area contributed by atoms with E-state index in [1.807, 2.05) is 41.2 Å². The molecule has 0 bridgehead atoms. The predicted molar refractivity (Wildman–Crippen MR) is 89.6 cm³/mol. The molecule has 1 aromatic heterocycles. The Hall–Kier alpha value is -2.38. The number of rotatable bonds is 3. The number of hydrogen-bond acceptors (Lipinski definition) is 1. The smallest absolute Gasteiger partial charge is 0.418 e. The molecule has 1 heterocycles. The summed E-state index contributed by atoms with van der Waals surface area (Å²) < 4.78 is 41.0. The van der Waals surface area contributed by atoms with Crippen molar-refractivity contribution in [1.29, 1.82) is 0 Å². The molecular formula is C17H21BF4N2O. The molecule has 0 fully saturated rings. The molecule has 0 atom stereocenters. The SMILES string of the molecule is CC(C)(C)c1cc[n+](Cc2ccccc2)cc1C(N)=O.F[B-](F)(F)F. The standard InChI is InChI=1S/C17H20N2O.BF4/c1-17(2,3)15-9-10-19(12-14(15)16(18)20)11-13-7-5-4-6-8-13;2-1(3,4)5/h4-10,12H,11H2,1-3H3,(H-,18,20);/q;-1/p+1. The number of primary amides is 1. The summed E-state index contributed by atoms with van der Waals surface area (Å²) in [6, 6.07) is 12.1. The first-order valence-electron chi connectivity index (χ1n) is 7.62. The average Bonchev–Trinajstić information content (AvgIpc) is 2.45. The van der Waals surface area contributed by atoms with Gasteiger partial charge >= 0.3 is 7.25 Å². The molecule has 0 unspecified atom stereocenters. The molecule has 0 saturated heterocycles. The number of benzene rings is 1. The second-order valence-corrected chi connectivity index (χ2v) is 6.54. The Labute approximate surface area is 144 Å². The molecule has 0 saturated carbocycles. The van der Waals surface area contributed by atoms with Crippen molar-refractivity contribution in [3.63, 3.8) is 0 Å². The molecule has 0 spiro atoms. The summed E-state index contributed by atoms with van der Waals surface area (Å²) in [5.41, 5.74) is 8.19. The lowest BCUT2D eigenvalue weighted by molar-refractivity contribution is -0.688. The molecule has 2 rings (SSSR count). The van der Waals surface area contributed by atoms with E-state index in [0.717, 1.165) is 12.1 Å². The van der Waals surface area contributed by atoms with Crippen LogP contribution in [0.2, 0.25) is 0 Å². The molecule has 0 aliphatic carbocycles. The molecule has 8 heteroatoms. The van der Waals surface area contributed by atoms with Gasteiger partial charge < -0.3 is 23.0 Å². The lowest BCUT2D eigenvalue weighted by Crippen LogP contribution is -2.37. The number of aromatic nitrogens is 1. The van der Waals surface area contributed by atoms with E-state index in [1.165, 1.54) is 5.56 Å². The summed E-state index contributed by atoms with van der Waals surface area (Å²) in [6.07, 6.45) is 3.84. The van der Waals surface area contributed by atoms with Gasteiger partial charge in [-0.1, -0.05) is 51.1 Å². The van der Waals surface area contributed by atoms with Crippen LogP contribution in [0.25, 0.3) is 0 Å². The zero-order valence-electron chi connectivity index (χ0n) is 14.3. The second-order valence-electron chi connectivity index (χ2n) is 6.54. The number of carbonyl (C=O) groups is 1. The van der Waals surface area contributed by atoms with E-state index >= 15 is 0 Å². The largest absolute Gasteiger partial charge is 0.673 e. The molecule has 2 N–H and O–H groups in total. The van der Waals surface area contributed by atoms with Crippen LogP contribution >= 0.6 is 0 Å². The van der Waals surface area contributed by atoms with Crippen molar-refractivity contribution in [2.75, 3.05) is 0 Å². The van der Waals surface area contributed by atoms with E-state index in [-0.39, 0.29) is 11.3 Å². The first kappa shape index (κ1) is 20.7. The normalized spacial score (nSPS) is 11.5. The van der Waals surface area contributed by atoms with Gasteiger partial charge in [0.15, 0.2) is 18.9 Å². The minimum atomic E-state index is -6.00. The van der Waals surface area contributed by atoms with E-state index in [4.69, 9.17) is 5.73 Å². The number of amides is 1. The van der Waals surface area contributed by atoms with Gasteiger partial charge in [0.1, 0.15) is 5.56 Å². The van der Waals surface area contributed by atoms with Crippen LogP contribution < -0.4 is 10.3 Å². The summed E-state index contributed by atoms with van der Waals surface area (Å²) in [5.74, 6) is -0.377. The third-order valence-corrected chi connectivity index (χ3v) is 3.30. The highest BCUT2D eigenvalue weighted by atomic mass is 19.5. The lowest BCUT2D eigenvalue weighted by Gasteiger charge is -2.20. The third kappa shape index (κ3) is 7.82. The Morgan fingerprint density at radius 1 is 1.08 bits per heavy atom. The molecule has 25 heavy (non-hydrogen) atoms. The van der Waals surface area contributed by atoms with Gasteiger partial charge in [0.05, 0.1) is 0 Å². The quantitative estimate of drug-likeness (QED) is 0.509. The minimum absolute atomic E-state index is 0.101. The maximum atomic E-state index is 11.7. The van der Waals surface area contributed by atoms with E-state index in [2.05, 4.69) is 32.9 Å². The summed E-state index contributed by atoms with van der Waals surface area (Å²) >= 11 is 0. The van der Waals surface area contributed by atoms with Crippen molar-refractivity contribution >= 4 is 13.2 Å². The van der Waals surface area contributed by atoms with Gasteiger partial charge in [-0.2, -0.15) is 4.57 Å². The van der Waals surface area contributed by atoms with Gasteiger partial charge in [-0.05, 0) is 11.0 Å². The molecular weight excluding hydrogens is 335 g/mol. The highest BCUT2D eigenvalue weighted by molar-refractivity contribution is 6.50. The summed E-state index contributed by atoms with van der Waals surface area (Å²) in [5, 5.41) is 0. The Morgan fingerprint density at radius 2 is 1.60 bits per heavy atom. The zero-order chi connectivity index (χ0) is 19.3. The van der Waals surface area contributed by atoms with E-state index in [9.17, 15) is 22.1 Å². The average molecular weight is 356 g/mol. The number of halogens is 4. The van der Waals surface area contributed by atoms with Crippen LogP contribution in [-0.4, -0.2) is 13.2 Å². The summed E-state index contributed by atoms with van der Waals surface area (Å²) in [6.45, 7) is 6.97. The lowest BCUT2D eigenvalue weighted by atomic mass is 9.84. The zero-order valence-corrected chi connectivity index (χ0v) is 14.3. The van der Waals surface area contributed by atoms with E-state index < -0.39 is 7.25 Å². The van der Waals surface area contributed by atoms with Crippen LogP contribution in [0.15, 0.2) is 48.8 Å². The Kier molecular flexibility index (Phi) is 6.73. The fourth-order valence-corrected chi connectivity index (χ4v) is 2.28. The molecule has 3 nitrogen and oxygen atoms in total. The van der Waals surface area contributed by atoms with Gasteiger partial charge in [0.2, 0.25) is 0 Å². The van der Waals surface area contributed by atoms with Gasteiger partial charge in [0.25, 0.3) is 5.91 Å². The number of nitrogens with two attached hydrogens (primary N) is 1. The van der Waals surface area contributed by atoms with Crippen LogP contribution in [-0.2, 0) is 12.0 Å². The van der Waals surface area contributed by atoms with Crippen molar-refractivity contribution in [3.8, 4) is 0 Å². The molecule has 1 amide bonds. The topological polar surface area (TPSA) is 47.0 Å². The fraction of sp³-hybridized carbons (Fsp3) is 0.294. The minimum Gasteiger partial charge on any atom is -0.418 e. The summed E-state index contributed by atoms with van der Waals surface area (Å²) in [4.78, 5) is 11.7. The first-order valence-corrected chi connectivity index (χ1v) is 7.62. The Bertz CT molecular complexity index is 707. The predicted octanol–water partition coefficient (Wildman–Crippen LogP) is 3.72. The fourth-order valence-electron chi connectivity index (χ4n) is 2.28. The monoisotopic (exact) mass is 356 g/mol. The number of carbonyl (C=O) groups excluding carboxylic acids is 1. The van der Waals surface area contributed by atoms with Crippen molar-refractivity contribution in [3.05, 3.63) is 65.5 Å².